The first-order valence-corrected chi connectivity index (χ1v) is 9.49. The first kappa shape index (κ1) is 14.7. The van der Waals surface area contributed by atoms with Crippen LogP contribution in [0.15, 0.2) is 0 Å². The van der Waals surface area contributed by atoms with Gasteiger partial charge in [-0.2, -0.15) is 11.8 Å². The molecular formula is C16H28N2OS. The van der Waals surface area contributed by atoms with Gasteiger partial charge in [0.1, 0.15) is 0 Å². The largest absolute Gasteiger partial charge is 0.322 e. The second kappa shape index (κ2) is 5.88. The molecule has 0 spiro atoms. The molecular weight excluding hydrogens is 268 g/mol. The lowest BCUT2D eigenvalue weighted by Gasteiger charge is -2.37. The molecule has 0 aromatic rings. The van der Waals surface area contributed by atoms with Crippen LogP contribution in [0.5, 0.6) is 0 Å². The number of nitrogens with zero attached hydrogens (tertiary/aromatic N) is 1. The highest BCUT2D eigenvalue weighted by molar-refractivity contribution is 7.99. The minimum absolute atomic E-state index is 0.308. The summed E-state index contributed by atoms with van der Waals surface area (Å²) in [6.45, 7) is 4.24. The molecule has 4 heteroatoms. The summed E-state index contributed by atoms with van der Waals surface area (Å²) in [6, 6.07) is 0.482. The maximum atomic E-state index is 13.0. The van der Waals surface area contributed by atoms with Gasteiger partial charge in [0, 0.05) is 6.04 Å². The van der Waals surface area contributed by atoms with Crippen molar-refractivity contribution >= 4 is 17.7 Å². The summed E-state index contributed by atoms with van der Waals surface area (Å²) in [6.07, 6.45) is 8.84. The number of nitrogens with one attached hydrogen (secondary N) is 1. The van der Waals surface area contributed by atoms with Crippen LogP contribution in [0.1, 0.15) is 58.8 Å². The molecule has 3 fully saturated rings. The molecule has 1 aliphatic carbocycles. The SMILES string of the molecule is CCC1(C)NC(C2CCCC2)N(C2CCSCC2)C1=O. The topological polar surface area (TPSA) is 32.3 Å². The Kier molecular flexibility index (Phi) is 4.32. The predicted molar refractivity (Wildman–Crippen MR) is 84.8 cm³/mol. The Morgan fingerprint density at radius 3 is 2.50 bits per heavy atom. The molecule has 2 saturated heterocycles. The van der Waals surface area contributed by atoms with Crippen molar-refractivity contribution in [3.8, 4) is 0 Å². The zero-order chi connectivity index (χ0) is 14.2. The number of amides is 1. The van der Waals surface area contributed by atoms with Crippen molar-refractivity contribution in [3.05, 3.63) is 0 Å². The van der Waals surface area contributed by atoms with Crippen LogP contribution < -0.4 is 5.32 Å². The molecule has 2 unspecified atom stereocenters. The van der Waals surface area contributed by atoms with Crippen LogP contribution in [0.2, 0.25) is 0 Å². The highest BCUT2D eigenvalue weighted by atomic mass is 32.2. The number of thioether (sulfide) groups is 1. The minimum Gasteiger partial charge on any atom is -0.322 e. The molecule has 3 rings (SSSR count). The van der Waals surface area contributed by atoms with E-state index < -0.39 is 0 Å². The maximum Gasteiger partial charge on any atom is 0.244 e. The average Bonchev–Trinajstić information content (AvgIpc) is 3.08. The lowest BCUT2D eigenvalue weighted by atomic mass is 9.98. The van der Waals surface area contributed by atoms with Gasteiger partial charge in [0.05, 0.1) is 11.7 Å². The van der Waals surface area contributed by atoms with Gasteiger partial charge in [0.15, 0.2) is 0 Å². The lowest BCUT2D eigenvalue weighted by molar-refractivity contribution is -0.135. The fourth-order valence-electron chi connectivity index (χ4n) is 4.10. The van der Waals surface area contributed by atoms with Gasteiger partial charge in [-0.15, -0.1) is 0 Å². The van der Waals surface area contributed by atoms with Crippen molar-refractivity contribution in [2.45, 2.75) is 76.5 Å². The molecule has 3 nitrogen and oxygen atoms in total. The quantitative estimate of drug-likeness (QED) is 0.869. The molecule has 114 valence electrons. The fraction of sp³-hybridized carbons (Fsp3) is 0.938. The summed E-state index contributed by atoms with van der Waals surface area (Å²) >= 11 is 2.04. The summed E-state index contributed by atoms with van der Waals surface area (Å²) in [4.78, 5) is 15.3. The molecule has 1 saturated carbocycles. The smallest absolute Gasteiger partial charge is 0.244 e. The average molecular weight is 296 g/mol. The van der Waals surface area contributed by atoms with Gasteiger partial charge < -0.3 is 4.90 Å². The minimum atomic E-state index is -0.322. The third-order valence-corrected chi connectivity index (χ3v) is 6.66. The zero-order valence-corrected chi connectivity index (χ0v) is 13.7. The van der Waals surface area contributed by atoms with Gasteiger partial charge in [-0.3, -0.25) is 10.1 Å². The van der Waals surface area contributed by atoms with Crippen LogP contribution in [0.4, 0.5) is 0 Å². The van der Waals surface area contributed by atoms with Gasteiger partial charge in [-0.05, 0) is 56.5 Å². The van der Waals surface area contributed by atoms with Crippen molar-refractivity contribution < 1.29 is 4.79 Å². The summed E-state index contributed by atoms with van der Waals surface area (Å²) in [5.41, 5.74) is -0.322. The van der Waals surface area contributed by atoms with E-state index in [2.05, 4.69) is 24.1 Å². The van der Waals surface area contributed by atoms with E-state index in [-0.39, 0.29) is 5.54 Å². The summed E-state index contributed by atoms with van der Waals surface area (Å²) in [5, 5.41) is 3.73. The van der Waals surface area contributed by atoms with Gasteiger partial charge in [0.2, 0.25) is 5.91 Å². The van der Waals surface area contributed by atoms with Crippen molar-refractivity contribution in [2.75, 3.05) is 11.5 Å². The molecule has 1 N–H and O–H groups in total. The Hall–Kier alpha value is -0.220. The lowest BCUT2D eigenvalue weighted by Crippen LogP contribution is -2.49. The normalized spacial score (nSPS) is 37.0. The first-order chi connectivity index (χ1) is 9.65. The van der Waals surface area contributed by atoms with Crippen LogP contribution in [-0.4, -0.2) is 40.1 Å². The molecule has 1 amide bonds. The second-order valence-corrected chi connectivity index (χ2v) is 8.10. The van der Waals surface area contributed by atoms with E-state index in [9.17, 15) is 4.79 Å². The van der Waals surface area contributed by atoms with Crippen LogP contribution in [0.3, 0.4) is 0 Å². The van der Waals surface area contributed by atoms with Crippen molar-refractivity contribution in [2.24, 2.45) is 5.92 Å². The van der Waals surface area contributed by atoms with E-state index in [0.717, 1.165) is 6.42 Å². The first-order valence-electron chi connectivity index (χ1n) is 8.34. The molecule has 2 heterocycles. The molecule has 0 aromatic carbocycles. The molecule has 0 radical (unpaired) electrons. The number of carbonyl (C=O) groups is 1. The van der Waals surface area contributed by atoms with Crippen LogP contribution >= 0.6 is 11.8 Å². The van der Waals surface area contributed by atoms with Gasteiger partial charge in [-0.1, -0.05) is 19.8 Å². The molecule has 2 aliphatic heterocycles. The van der Waals surface area contributed by atoms with Crippen LogP contribution in [-0.2, 0) is 4.79 Å². The van der Waals surface area contributed by atoms with E-state index in [1.165, 1.54) is 50.0 Å². The fourth-order valence-corrected chi connectivity index (χ4v) is 5.18. The molecule has 0 bridgehead atoms. The molecule has 0 aromatic heterocycles. The summed E-state index contributed by atoms with van der Waals surface area (Å²) in [7, 11) is 0. The van der Waals surface area contributed by atoms with E-state index in [4.69, 9.17) is 0 Å². The maximum absolute atomic E-state index is 13.0. The standard InChI is InChI=1S/C16H28N2OS/c1-3-16(2)15(19)18(13-8-10-20-11-9-13)14(17-16)12-6-4-5-7-12/h12-14,17H,3-11H2,1-2H3. The Labute approximate surface area is 127 Å². The Bertz CT molecular complexity index is 363. The highest BCUT2D eigenvalue weighted by Gasteiger charge is 2.51. The number of carbonyl (C=O) groups excluding carboxylic acids is 1. The van der Waals surface area contributed by atoms with E-state index >= 15 is 0 Å². The Morgan fingerprint density at radius 2 is 1.90 bits per heavy atom. The zero-order valence-electron chi connectivity index (χ0n) is 12.9. The number of hydrogen-bond acceptors (Lipinski definition) is 3. The van der Waals surface area contributed by atoms with Crippen molar-refractivity contribution in [3.63, 3.8) is 0 Å². The highest BCUT2D eigenvalue weighted by Crippen LogP contribution is 2.38. The molecule has 20 heavy (non-hydrogen) atoms. The summed E-state index contributed by atoms with van der Waals surface area (Å²) in [5.74, 6) is 3.49. The third kappa shape index (κ3) is 2.50. The third-order valence-electron chi connectivity index (χ3n) is 5.61. The van der Waals surface area contributed by atoms with Gasteiger partial charge in [0.25, 0.3) is 0 Å². The Balaban J connectivity index is 1.83. The van der Waals surface area contributed by atoms with E-state index in [1.807, 2.05) is 11.8 Å². The van der Waals surface area contributed by atoms with Gasteiger partial charge >= 0.3 is 0 Å². The van der Waals surface area contributed by atoms with E-state index in [0.29, 0.717) is 24.0 Å². The number of hydrogen-bond donors (Lipinski definition) is 1. The second-order valence-electron chi connectivity index (χ2n) is 6.88. The van der Waals surface area contributed by atoms with Crippen molar-refractivity contribution in [1.82, 2.24) is 10.2 Å². The van der Waals surface area contributed by atoms with E-state index in [1.54, 1.807) is 0 Å². The number of rotatable bonds is 3. The van der Waals surface area contributed by atoms with Crippen LogP contribution in [0, 0.1) is 5.92 Å². The summed E-state index contributed by atoms with van der Waals surface area (Å²) < 4.78 is 0. The Morgan fingerprint density at radius 1 is 1.25 bits per heavy atom. The van der Waals surface area contributed by atoms with Gasteiger partial charge in [-0.25, -0.2) is 0 Å². The molecule has 3 aliphatic rings. The molecule has 2 atom stereocenters. The predicted octanol–water partition coefficient (Wildman–Crippen LogP) is 3.00. The van der Waals surface area contributed by atoms with Crippen LogP contribution in [0.25, 0.3) is 0 Å². The monoisotopic (exact) mass is 296 g/mol. The van der Waals surface area contributed by atoms with Crippen molar-refractivity contribution in [1.29, 1.82) is 0 Å².